The van der Waals surface area contributed by atoms with E-state index in [1.807, 2.05) is 11.8 Å². The van der Waals surface area contributed by atoms with E-state index in [1.165, 1.54) is 18.6 Å². The summed E-state index contributed by atoms with van der Waals surface area (Å²) in [6.45, 7) is 2.60. The first-order chi connectivity index (χ1) is 10.0. The summed E-state index contributed by atoms with van der Waals surface area (Å²) >= 11 is 0. The highest BCUT2D eigenvalue weighted by molar-refractivity contribution is 5.99. The van der Waals surface area contributed by atoms with Gasteiger partial charge in [0.15, 0.2) is 0 Å². The molecular weight excluding hydrogens is 268 g/mol. The molecule has 5 heteroatoms. The number of phenols is 1. The van der Waals surface area contributed by atoms with E-state index in [-0.39, 0.29) is 23.3 Å². The fourth-order valence-corrected chi connectivity index (χ4v) is 3.00. The standard InChI is InChI=1S/C16H22N2O3/c1-2-18(12-6-4-3-5-7-12)16(21)11-8-9-13(15(17)20)14(19)10-11/h8-10,12,19H,2-7H2,1H3,(H2,17,20). The lowest BCUT2D eigenvalue weighted by Gasteiger charge is -2.33. The summed E-state index contributed by atoms with van der Waals surface area (Å²) in [4.78, 5) is 25.6. The average Bonchev–Trinajstić information content (AvgIpc) is 2.48. The molecule has 21 heavy (non-hydrogen) atoms. The summed E-state index contributed by atoms with van der Waals surface area (Å²) < 4.78 is 0. The summed E-state index contributed by atoms with van der Waals surface area (Å²) in [5.74, 6) is -1.05. The number of aromatic hydroxyl groups is 1. The van der Waals surface area contributed by atoms with Gasteiger partial charge in [0.1, 0.15) is 5.75 Å². The largest absolute Gasteiger partial charge is 0.507 e. The highest BCUT2D eigenvalue weighted by Crippen LogP contribution is 2.25. The summed E-state index contributed by atoms with van der Waals surface area (Å²) in [6.07, 6.45) is 5.60. The fourth-order valence-electron chi connectivity index (χ4n) is 3.00. The molecule has 1 aliphatic rings. The summed E-state index contributed by atoms with van der Waals surface area (Å²) in [6, 6.07) is 4.55. The zero-order chi connectivity index (χ0) is 15.4. The number of primary amides is 1. The van der Waals surface area contributed by atoms with Crippen LogP contribution in [0.1, 0.15) is 59.7 Å². The van der Waals surface area contributed by atoms with Gasteiger partial charge in [0.25, 0.3) is 11.8 Å². The third-order valence-electron chi connectivity index (χ3n) is 4.13. The first kappa shape index (κ1) is 15.4. The quantitative estimate of drug-likeness (QED) is 0.892. The van der Waals surface area contributed by atoms with Crippen molar-refractivity contribution in [2.24, 2.45) is 5.73 Å². The number of carbonyl (C=O) groups excluding carboxylic acids is 2. The predicted octanol–water partition coefficient (Wildman–Crippen LogP) is 2.29. The smallest absolute Gasteiger partial charge is 0.254 e. The molecule has 1 aromatic rings. The van der Waals surface area contributed by atoms with Crippen LogP contribution in [0.4, 0.5) is 0 Å². The van der Waals surface area contributed by atoms with E-state index in [1.54, 1.807) is 6.07 Å². The summed E-state index contributed by atoms with van der Waals surface area (Å²) in [7, 11) is 0. The number of rotatable bonds is 4. The average molecular weight is 290 g/mol. The van der Waals surface area contributed by atoms with Gasteiger partial charge in [-0.25, -0.2) is 0 Å². The van der Waals surface area contributed by atoms with Crippen LogP contribution in [0.25, 0.3) is 0 Å². The number of nitrogens with zero attached hydrogens (tertiary/aromatic N) is 1. The van der Waals surface area contributed by atoms with Gasteiger partial charge in [0, 0.05) is 18.2 Å². The lowest BCUT2D eigenvalue weighted by Crippen LogP contribution is -2.41. The van der Waals surface area contributed by atoms with Crippen LogP contribution >= 0.6 is 0 Å². The van der Waals surface area contributed by atoms with Crippen molar-refractivity contribution in [1.29, 1.82) is 0 Å². The highest BCUT2D eigenvalue weighted by Gasteiger charge is 2.25. The number of nitrogens with two attached hydrogens (primary N) is 1. The Balaban J connectivity index is 2.21. The molecule has 1 aromatic carbocycles. The molecule has 0 unspecified atom stereocenters. The van der Waals surface area contributed by atoms with Gasteiger partial charge in [0.2, 0.25) is 0 Å². The molecule has 0 atom stereocenters. The second-order valence-electron chi connectivity index (χ2n) is 5.48. The number of hydrogen-bond donors (Lipinski definition) is 2. The van der Waals surface area contributed by atoms with Crippen LogP contribution in [0.5, 0.6) is 5.75 Å². The van der Waals surface area contributed by atoms with Gasteiger partial charge in [-0.1, -0.05) is 19.3 Å². The molecule has 5 nitrogen and oxygen atoms in total. The van der Waals surface area contributed by atoms with Gasteiger partial charge >= 0.3 is 0 Å². The Hall–Kier alpha value is -2.04. The van der Waals surface area contributed by atoms with Crippen molar-refractivity contribution in [3.8, 4) is 5.75 Å². The van der Waals surface area contributed by atoms with Crippen LogP contribution < -0.4 is 5.73 Å². The van der Waals surface area contributed by atoms with E-state index in [0.717, 1.165) is 25.7 Å². The minimum atomic E-state index is -0.703. The molecule has 1 saturated carbocycles. The first-order valence-corrected chi connectivity index (χ1v) is 7.48. The number of benzene rings is 1. The van der Waals surface area contributed by atoms with E-state index in [9.17, 15) is 14.7 Å². The van der Waals surface area contributed by atoms with E-state index in [0.29, 0.717) is 12.1 Å². The molecular formula is C16H22N2O3. The topological polar surface area (TPSA) is 83.6 Å². The van der Waals surface area contributed by atoms with Gasteiger partial charge in [-0.15, -0.1) is 0 Å². The molecule has 0 radical (unpaired) electrons. The molecule has 0 heterocycles. The molecule has 114 valence electrons. The number of amides is 2. The first-order valence-electron chi connectivity index (χ1n) is 7.48. The second-order valence-corrected chi connectivity index (χ2v) is 5.48. The summed E-state index contributed by atoms with van der Waals surface area (Å²) in [5, 5.41) is 9.80. The Morgan fingerprint density at radius 2 is 1.95 bits per heavy atom. The lowest BCUT2D eigenvalue weighted by atomic mass is 9.93. The molecule has 2 amide bonds. The Kier molecular flexibility index (Phi) is 4.83. The predicted molar refractivity (Wildman–Crippen MR) is 80.2 cm³/mol. The number of carbonyl (C=O) groups is 2. The normalized spacial score (nSPS) is 15.7. The molecule has 0 saturated heterocycles. The van der Waals surface area contributed by atoms with Gasteiger partial charge in [-0.3, -0.25) is 9.59 Å². The SMILES string of the molecule is CCN(C(=O)c1ccc(C(N)=O)c(O)c1)C1CCCCC1. The minimum Gasteiger partial charge on any atom is -0.507 e. The zero-order valence-corrected chi connectivity index (χ0v) is 12.3. The van der Waals surface area contributed by atoms with Gasteiger partial charge in [0.05, 0.1) is 5.56 Å². The fraction of sp³-hybridized carbons (Fsp3) is 0.500. The van der Waals surface area contributed by atoms with Crippen molar-refractivity contribution in [3.05, 3.63) is 29.3 Å². The van der Waals surface area contributed by atoms with Gasteiger partial charge < -0.3 is 15.7 Å². The van der Waals surface area contributed by atoms with Crippen LogP contribution in [0.3, 0.4) is 0 Å². The maximum absolute atomic E-state index is 12.6. The van der Waals surface area contributed by atoms with Crippen LogP contribution in [0, 0.1) is 0 Å². The van der Waals surface area contributed by atoms with Crippen LogP contribution in [0.2, 0.25) is 0 Å². The maximum atomic E-state index is 12.6. The molecule has 0 bridgehead atoms. The molecule has 0 spiro atoms. The lowest BCUT2D eigenvalue weighted by molar-refractivity contribution is 0.0647. The zero-order valence-electron chi connectivity index (χ0n) is 12.3. The third-order valence-corrected chi connectivity index (χ3v) is 4.13. The molecule has 0 aromatic heterocycles. The van der Waals surface area contributed by atoms with Gasteiger partial charge in [-0.05, 0) is 38.0 Å². The van der Waals surface area contributed by atoms with Crippen molar-refractivity contribution in [2.45, 2.75) is 45.1 Å². The second kappa shape index (κ2) is 6.61. The Morgan fingerprint density at radius 1 is 1.29 bits per heavy atom. The van der Waals surface area contributed by atoms with Crippen LogP contribution in [0.15, 0.2) is 18.2 Å². The minimum absolute atomic E-state index is 0.0345. The highest BCUT2D eigenvalue weighted by atomic mass is 16.3. The van der Waals surface area contributed by atoms with E-state index in [4.69, 9.17) is 5.73 Å². The van der Waals surface area contributed by atoms with Crippen LogP contribution in [-0.4, -0.2) is 34.4 Å². The Morgan fingerprint density at radius 3 is 2.48 bits per heavy atom. The molecule has 2 rings (SSSR count). The Labute approximate surface area is 124 Å². The molecule has 0 aliphatic heterocycles. The maximum Gasteiger partial charge on any atom is 0.254 e. The van der Waals surface area contributed by atoms with Crippen molar-refractivity contribution in [3.63, 3.8) is 0 Å². The van der Waals surface area contributed by atoms with Gasteiger partial charge in [-0.2, -0.15) is 0 Å². The van der Waals surface area contributed by atoms with Crippen molar-refractivity contribution >= 4 is 11.8 Å². The van der Waals surface area contributed by atoms with Crippen molar-refractivity contribution in [2.75, 3.05) is 6.54 Å². The Bertz CT molecular complexity index is 536. The van der Waals surface area contributed by atoms with Crippen molar-refractivity contribution in [1.82, 2.24) is 4.90 Å². The van der Waals surface area contributed by atoms with Crippen molar-refractivity contribution < 1.29 is 14.7 Å². The van der Waals surface area contributed by atoms with Crippen LogP contribution in [-0.2, 0) is 0 Å². The number of hydrogen-bond acceptors (Lipinski definition) is 3. The molecule has 3 N–H and O–H groups in total. The summed E-state index contributed by atoms with van der Waals surface area (Å²) in [5.41, 5.74) is 5.58. The van der Waals surface area contributed by atoms with E-state index >= 15 is 0 Å². The monoisotopic (exact) mass is 290 g/mol. The molecule has 1 fully saturated rings. The third kappa shape index (κ3) is 3.35. The molecule has 1 aliphatic carbocycles. The van der Waals surface area contributed by atoms with E-state index in [2.05, 4.69) is 0 Å². The van der Waals surface area contributed by atoms with E-state index < -0.39 is 5.91 Å².